The van der Waals surface area contributed by atoms with E-state index in [1.807, 2.05) is 9.62 Å². The van der Waals surface area contributed by atoms with E-state index in [9.17, 15) is 23.1 Å². The Bertz CT molecular complexity index is 1100. The Kier molecular flexibility index (Phi) is 4.02. The maximum Gasteiger partial charge on any atom is 0.326 e. The highest BCUT2D eigenvalue weighted by molar-refractivity contribution is 7.92. The Labute approximate surface area is 156 Å². The maximum atomic E-state index is 12.8. The van der Waals surface area contributed by atoms with Gasteiger partial charge in [-0.3, -0.25) is 9.59 Å². The number of phenols is 1. The summed E-state index contributed by atoms with van der Waals surface area (Å²) in [6, 6.07) is 4.57. The lowest BCUT2D eigenvalue weighted by atomic mass is 10.1. The number of hydrogen-bond donors (Lipinski definition) is 2. The molecule has 0 unspecified atom stereocenters. The van der Waals surface area contributed by atoms with E-state index in [4.69, 9.17) is 0 Å². The molecule has 0 radical (unpaired) electrons. The van der Waals surface area contributed by atoms with Crippen molar-refractivity contribution in [3.63, 3.8) is 0 Å². The van der Waals surface area contributed by atoms with Crippen molar-refractivity contribution in [2.75, 3.05) is 28.8 Å². The van der Waals surface area contributed by atoms with Crippen LogP contribution >= 0.6 is 0 Å². The first kappa shape index (κ1) is 17.7. The highest BCUT2D eigenvalue weighted by atomic mass is 32.2. The minimum atomic E-state index is -4.03. The molecule has 0 aliphatic carbocycles. The number of phenolic OH excluding ortho intramolecular Hbond substituents is 1. The summed E-state index contributed by atoms with van der Waals surface area (Å²) in [7, 11) is -2.41. The quantitative estimate of drug-likeness (QED) is 0.766. The Hall–Kier alpha value is -2.75. The molecule has 10 heteroatoms. The Morgan fingerprint density at radius 1 is 1.04 bits per heavy atom. The number of nitrogens with one attached hydrogen (secondary N) is 1. The highest BCUT2D eigenvalue weighted by Gasteiger charge is 2.35. The number of aromatic hydroxyl groups is 1. The molecule has 2 fully saturated rings. The van der Waals surface area contributed by atoms with Gasteiger partial charge in [0.1, 0.15) is 18.0 Å². The fourth-order valence-corrected chi connectivity index (χ4v) is 4.86. The van der Waals surface area contributed by atoms with Gasteiger partial charge in [0.2, 0.25) is 0 Å². The van der Waals surface area contributed by atoms with Crippen molar-refractivity contribution in [1.29, 1.82) is 0 Å². The van der Waals surface area contributed by atoms with Crippen molar-refractivity contribution in [1.82, 2.24) is 9.29 Å². The summed E-state index contributed by atoms with van der Waals surface area (Å²) in [6.07, 6.45) is 3.17. The van der Waals surface area contributed by atoms with Crippen LogP contribution in [-0.4, -0.2) is 43.6 Å². The summed E-state index contributed by atoms with van der Waals surface area (Å²) in [6.45, 7) is 1.20. The fraction of sp³-hybridized carbons (Fsp3) is 0.412. The minimum Gasteiger partial charge on any atom is -0.506 e. The summed E-state index contributed by atoms with van der Waals surface area (Å²) in [4.78, 5) is 26.3. The van der Waals surface area contributed by atoms with Gasteiger partial charge in [0.15, 0.2) is 0 Å². The molecule has 1 amide bonds. The molecule has 2 aliphatic heterocycles. The molecule has 1 aromatic heterocycles. The van der Waals surface area contributed by atoms with Crippen LogP contribution in [0.15, 0.2) is 23.0 Å². The van der Waals surface area contributed by atoms with Gasteiger partial charge in [-0.15, -0.1) is 0 Å². The molecule has 1 aromatic carbocycles. The summed E-state index contributed by atoms with van der Waals surface area (Å²) in [5, 5.41) is 11.0. The Balaban J connectivity index is 1.89. The number of rotatable bonds is 2. The lowest BCUT2D eigenvalue weighted by molar-refractivity contribution is -0.117. The van der Waals surface area contributed by atoms with Gasteiger partial charge in [0, 0.05) is 31.6 Å². The average molecular weight is 392 g/mol. The molecule has 3 heterocycles. The van der Waals surface area contributed by atoms with Gasteiger partial charge in [0.05, 0.1) is 11.2 Å². The standard InChI is InChI=1S/C17H20N4O5S/c1-19-12-9-15(22)13(21-10-16(23)18-27(21,25)26)7-11(12)8-14(17(19)24)20-5-3-2-4-6-20/h7-9,22H,2-6,10H2,1H3,(H,18,23). The molecule has 0 spiro atoms. The molecule has 9 nitrogen and oxygen atoms in total. The number of aromatic nitrogens is 1. The second-order valence-electron chi connectivity index (χ2n) is 6.88. The van der Waals surface area contributed by atoms with Gasteiger partial charge in [0.25, 0.3) is 11.5 Å². The molecule has 2 aromatic rings. The van der Waals surface area contributed by atoms with Crippen LogP contribution in [0, 0.1) is 0 Å². The molecule has 0 saturated carbocycles. The van der Waals surface area contributed by atoms with Crippen molar-refractivity contribution in [3.05, 3.63) is 28.6 Å². The van der Waals surface area contributed by atoms with Crippen LogP contribution in [0.3, 0.4) is 0 Å². The van der Waals surface area contributed by atoms with E-state index in [1.54, 1.807) is 13.1 Å². The van der Waals surface area contributed by atoms with Crippen LogP contribution in [0.4, 0.5) is 11.4 Å². The van der Waals surface area contributed by atoms with Crippen LogP contribution in [0.25, 0.3) is 10.9 Å². The first-order valence-electron chi connectivity index (χ1n) is 8.73. The van der Waals surface area contributed by atoms with Gasteiger partial charge in [-0.1, -0.05) is 0 Å². The monoisotopic (exact) mass is 392 g/mol. The molecule has 144 valence electrons. The van der Waals surface area contributed by atoms with Crippen LogP contribution in [0.2, 0.25) is 0 Å². The number of carbonyl (C=O) groups is 1. The van der Waals surface area contributed by atoms with Crippen molar-refractivity contribution in [2.45, 2.75) is 19.3 Å². The lowest BCUT2D eigenvalue weighted by Gasteiger charge is -2.29. The Morgan fingerprint density at radius 2 is 1.70 bits per heavy atom. The molecule has 2 N–H and O–H groups in total. The van der Waals surface area contributed by atoms with E-state index in [0.717, 1.165) is 36.7 Å². The zero-order chi connectivity index (χ0) is 19.3. The van der Waals surface area contributed by atoms with Crippen LogP contribution in [0.5, 0.6) is 5.75 Å². The fourth-order valence-electron chi connectivity index (χ4n) is 3.70. The molecule has 4 rings (SSSR count). The van der Waals surface area contributed by atoms with E-state index < -0.39 is 22.7 Å². The molecule has 0 bridgehead atoms. The Morgan fingerprint density at radius 3 is 2.33 bits per heavy atom. The van der Waals surface area contributed by atoms with Crippen molar-refractivity contribution >= 4 is 38.4 Å². The van der Waals surface area contributed by atoms with Crippen molar-refractivity contribution in [2.24, 2.45) is 7.05 Å². The van der Waals surface area contributed by atoms with Gasteiger partial charge < -0.3 is 14.6 Å². The van der Waals surface area contributed by atoms with Crippen molar-refractivity contribution < 1.29 is 18.3 Å². The van der Waals surface area contributed by atoms with E-state index in [-0.39, 0.29) is 17.0 Å². The number of amides is 1. The number of nitrogens with zero attached hydrogens (tertiary/aromatic N) is 3. The first-order valence-corrected chi connectivity index (χ1v) is 10.2. The van der Waals surface area contributed by atoms with Crippen LogP contribution in [-0.2, 0) is 22.1 Å². The van der Waals surface area contributed by atoms with E-state index in [0.29, 0.717) is 16.6 Å². The average Bonchev–Trinajstić information content (AvgIpc) is 2.91. The van der Waals surface area contributed by atoms with Gasteiger partial charge in [-0.05, 0) is 31.4 Å². The molecule has 27 heavy (non-hydrogen) atoms. The third-order valence-corrected chi connectivity index (χ3v) is 6.48. The third kappa shape index (κ3) is 2.89. The summed E-state index contributed by atoms with van der Waals surface area (Å²) >= 11 is 0. The van der Waals surface area contributed by atoms with E-state index in [1.165, 1.54) is 16.7 Å². The van der Waals surface area contributed by atoms with Gasteiger partial charge in [-0.2, -0.15) is 8.42 Å². The first-order chi connectivity index (χ1) is 12.8. The predicted molar refractivity (Wildman–Crippen MR) is 101 cm³/mol. The molecule has 0 atom stereocenters. The normalized spacial score (nSPS) is 19.5. The van der Waals surface area contributed by atoms with E-state index >= 15 is 0 Å². The topological polar surface area (TPSA) is 112 Å². The summed E-state index contributed by atoms with van der Waals surface area (Å²) in [5.74, 6) is -0.979. The second kappa shape index (κ2) is 6.15. The lowest BCUT2D eigenvalue weighted by Crippen LogP contribution is -2.35. The molecule has 2 aliphatic rings. The molecular weight excluding hydrogens is 372 g/mol. The smallest absolute Gasteiger partial charge is 0.326 e. The van der Waals surface area contributed by atoms with Gasteiger partial charge >= 0.3 is 10.2 Å². The zero-order valence-corrected chi connectivity index (χ0v) is 15.6. The van der Waals surface area contributed by atoms with Crippen LogP contribution < -0.4 is 19.5 Å². The number of hydrogen-bond acceptors (Lipinski definition) is 6. The number of benzene rings is 1. The minimum absolute atomic E-state index is 0.00379. The van der Waals surface area contributed by atoms with Gasteiger partial charge in [-0.25, -0.2) is 9.03 Å². The molecular formula is C17H20N4O5S. The number of pyridine rings is 1. The number of anilines is 2. The summed E-state index contributed by atoms with van der Waals surface area (Å²) in [5.41, 5.74) is 0.879. The number of aryl methyl sites for hydroxylation is 1. The van der Waals surface area contributed by atoms with Crippen molar-refractivity contribution in [3.8, 4) is 5.75 Å². The maximum absolute atomic E-state index is 12.8. The highest BCUT2D eigenvalue weighted by Crippen LogP contribution is 2.35. The number of piperidine rings is 1. The largest absolute Gasteiger partial charge is 0.506 e. The number of carbonyl (C=O) groups excluding carboxylic acids is 1. The predicted octanol–water partition coefficient (Wildman–Crippen LogP) is 0.415. The SMILES string of the molecule is Cn1c(=O)c(N2CCCCC2)cc2cc(N3CC(=O)NS3(=O)=O)c(O)cc21. The van der Waals surface area contributed by atoms with Crippen LogP contribution in [0.1, 0.15) is 19.3 Å². The summed E-state index contributed by atoms with van der Waals surface area (Å²) < 4.78 is 28.4. The second-order valence-corrected chi connectivity index (χ2v) is 8.47. The zero-order valence-electron chi connectivity index (χ0n) is 14.8. The van der Waals surface area contributed by atoms with E-state index in [2.05, 4.69) is 0 Å². The molecule has 2 saturated heterocycles. The number of fused-ring (bicyclic) bond motifs is 1. The third-order valence-electron chi connectivity index (χ3n) is 5.09.